The molecule has 19 heavy (non-hydrogen) atoms. The van der Waals surface area contributed by atoms with Crippen LogP contribution < -0.4 is 4.74 Å². The molecule has 0 unspecified atom stereocenters. The molecule has 4 nitrogen and oxygen atoms in total. The number of ether oxygens (including phenoxy) is 2. The zero-order chi connectivity index (χ0) is 13.7. The van der Waals surface area contributed by atoms with Crippen molar-refractivity contribution < 1.29 is 14.3 Å². The van der Waals surface area contributed by atoms with Gasteiger partial charge in [0.2, 0.25) is 5.88 Å². The van der Waals surface area contributed by atoms with Crippen LogP contribution in [0.2, 0.25) is 0 Å². The molecule has 2 rings (SSSR count). The highest BCUT2D eigenvalue weighted by Gasteiger charge is 2.28. The summed E-state index contributed by atoms with van der Waals surface area (Å²) in [6.07, 6.45) is 3.76. The van der Waals surface area contributed by atoms with Gasteiger partial charge in [-0.15, -0.1) is 0 Å². The lowest BCUT2D eigenvalue weighted by atomic mass is 9.80. The predicted octanol–water partition coefficient (Wildman–Crippen LogP) is 2.93. The molecule has 0 N–H and O–H groups in total. The van der Waals surface area contributed by atoms with Crippen LogP contribution in [0.25, 0.3) is 0 Å². The van der Waals surface area contributed by atoms with Gasteiger partial charge in [0.05, 0.1) is 19.6 Å². The van der Waals surface area contributed by atoms with Gasteiger partial charge in [0.25, 0.3) is 0 Å². The molecule has 0 aliphatic heterocycles. The van der Waals surface area contributed by atoms with Gasteiger partial charge in [-0.2, -0.15) is 0 Å². The molecule has 0 bridgehead atoms. The number of esters is 1. The van der Waals surface area contributed by atoms with Crippen molar-refractivity contribution in [2.24, 2.45) is 5.92 Å². The van der Waals surface area contributed by atoms with Crippen LogP contribution in [0.15, 0.2) is 18.2 Å². The molecule has 104 valence electrons. The maximum absolute atomic E-state index is 11.7. The molecule has 0 amide bonds. The van der Waals surface area contributed by atoms with Gasteiger partial charge in [-0.05, 0) is 38.7 Å². The normalized spacial score (nSPS) is 22.8. The highest BCUT2D eigenvalue weighted by Crippen LogP contribution is 2.35. The fraction of sp³-hybridized carbons (Fsp3) is 0.600. The lowest BCUT2D eigenvalue weighted by molar-refractivity contribution is -0.149. The molecule has 0 aromatic carbocycles. The van der Waals surface area contributed by atoms with E-state index in [9.17, 15) is 4.79 Å². The van der Waals surface area contributed by atoms with Gasteiger partial charge < -0.3 is 9.47 Å². The smallest absolute Gasteiger partial charge is 0.308 e. The fourth-order valence-corrected chi connectivity index (χ4v) is 2.66. The molecular weight excluding hydrogens is 242 g/mol. The van der Waals surface area contributed by atoms with E-state index in [0.29, 0.717) is 18.4 Å². The fourth-order valence-electron chi connectivity index (χ4n) is 2.66. The van der Waals surface area contributed by atoms with Crippen LogP contribution in [-0.2, 0) is 9.53 Å². The Morgan fingerprint density at radius 3 is 2.68 bits per heavy atom. The molecule has 1 aliphatic carbocycles. The van der Waals surface area contributed by atoms with Crippen LogP contribution in [0.3, 0.4) is 0 Å². The summed E-state index contributed by atoms with van der Waals surface area (Å²) in [5.41, 5.74) is 1.07. The Kier molecular flexibility index (Phi) is 4.77. The van der Waals surface area contributed by atoms with E-state index in [2.05, 4.69) is 4.98 Å². The summed E-state index contributed by atoms with van der Waals surface area (Å²) < 4.78 is 10.2. The van der Waals surface area contributed by atoms with Crippen LogP contribution >= 0.6 is 0 Å². The number of carbonyl (C=O) groups is 1. The van der Waals surface area contributed by atoms with E-state index in [1.165, 1.54) is 0 Å². The van der Waals surface area contributed by atoms with E-state index in [4.69, 9.17) is 9.47 Å². The largest absolute Gasteiger partial charge is 0.481 e. The first kappa shape index (κ1) is 13.8. The summed E-state index contributed by atoms with van der Waals surface area (Å²) in [6, 6.07) is 5.87. The van der Waals surface area contributed by atoms with Gasteiger partial charge in [-0.1, -0.05) is 6.07 Å². The Morgan fingerprint density at radius 2 is 2.05 bits per heavy atom. The summed E-state index contributed by atoms with van der Waals surface area (Å²) in [4.78, 5) is 16.2. The van der Waals surface area contributed by atoms with Crippen molar-refractivity contribution in [2.75, 3.05) is 13.7 Å². The monoisotopic (exact) mass is 263 g/mol. The molecule has 0 radical (unpaired) electrons. The molecule has 1 aliphatic rings. The molecule has 1 aromatic heterocycles. The van der Waals surface area contributed by atoms with Crippen molar-refractivity contribution in [3.8, 4) is 5.88 Å². The topological polar surface area (TPSA) is 48.4 Å². The minimum atomic E-state index is -0.0421. The number of pyridine rings is 1. The van der Waals surface area contributed by atoms with Gasteiger partial charge in [0.1, 0.15) is 0 Å². The van der Waals surface area contributed by atoms with Gasteiger partial charge >= 0.3 is 5.97 Å². The number of aromatic nitrogens is 1. The Bertz CT molecular complexity index is 425. The number of rotatable bonds is 4. The predicted molar refractivity (Wildman–Crippen MR) is 72.1 cm³/mol. The molecule has 0 spiro atoms. The minimum Gasteiger partial charge on any atom is -0.481 e. The number of hydrogen-bond acceptors (Lipinski definition) is 4. The molecule has 4 heteroatoms. The zero-order valence-electron chi connectivity index (χ0n) is 11.6. The molecule has 0 saturated heterocycles. The van der Waals surface area contributed by atoms with Gasteiger partial charge in [-0.25, -0.2) is 4.98 Å². The standard InChI is InChI=1S/C15H21NO3/c1-3-19-15(17)12-9-7-11(8-10-12)13-5-4-6-14(16-13)18-2/h4-6,11-12H,3,7-10H2,1-2H3/t11-,12-. The van der Waals surface area contributed by atoms with Crippen LogP contribution in [0.1, 0.15) is 44.2 Å². The van der Waals surface area contributed by atoms with Crippen LogP contribution in [0.4, 0.5) is 0 Å². The summed E-state index contributed by atoms with van der Waals surface area (Å²) in [7, 11) is 1.63. The van der Waals surface area contributed by atoms with Gasteiger partial charge in [-0.3, -0.25) is 4.79 Å². The molecule has 1 saturated carbocycles. The maximum atomic E-state index is 11.7. The van der Waals surface area contributed by atoms with Crippen molar-refractivity contribution in [1.29, 1.82) is 0 Å². The highest BCUT2D eigenvalue weighted by atomic mass is 16.5. The molecule has 1 fully saturated rings. The first-order valence-corrected chi connectivity index (χ1v) is 6.92. The van der Waals surface area contributed by atoms with Crippen molar-refractivity contribution in [1.82, 2.24) is 4.98 Å². The second kappa shape index (κ2) is 6.55. The van der Waals surface area contributed by atoms with Gasteiger partial charge in [0, 0.05) is 17.7 Å². The molecule has 1 heterocycles. The molecular formula is C15H21NO3. The summed E-state index contributed by atoms with van der Waals surface area (Å²) in [6.45, 7) is 2.32. The number of hydrogen-bond donors (Lipinski definition) is 0. The quantitative estimate of drug-likeness (QED) is 0.784. The Morgan fingerprint density at radius 1 is 1.32 bits per heavy atom. The average molecular weight is 263 g/mol. The average Bonchev–Trinajstić information content (AvgIpc) is 2.48. The van der Waals surface area contributed by atoms with Gasteiger partial charge in [0.15, 0.2) is 0 Å². The molecule has 1 aromatic rings. The highest BCUT2D eigenvalue weighted by molar-refractivity contribution is 5.72. The Hall–Kier alpha value is -1.58. The second-order valence-electron chi connectivity index (χ2n) is 4.91. The van der Waals surface area contributed by atoms with E-state index in [0.717, 1.165) is 31.4 Å². The maximum Gasteiger partial charge on any atom is 0.308 e. The number of carbonyl (C=O) groups excluding carboxylic acids is 1. The number of nitrogens with zero attached hydrogens (tertiary/aromatic N) is 1. The first-order chi connectivity index (χ1) is 9.24. The Balaban J connectivity index is 1.94. The SMILES string of the molecule is CCOC(=O)[C@H]1CC[C@H](c2cccc(OC)n2)CC1. The van der Waals surface area contributed by atoms with E-state index in [1.807, 2.05) is 25.1 Å². The van der Waals surface area contributed by atoms with Crippen molar-refractivity contribution in [3.63, 3.8) is 0 Å². The second-order valence-corrected chi connectivity index (χ2v) is 4.91. The zero-order valence-corrected chi connectivity index (χ0v) is 11.6. The third kappa shape index (κ3) is 3.46. The lowest BCUT2D eigenvalue weighted by Crippen LogP contribution is -2.23. The van der Waals surface area contributed by atoms with Crippen LogP contribution in [0.5, 0.6) is 5.88 Å². The van der Waals surface area contributed by atoms with E-state index in [-0.39, 0.29) is 11.9 Å². The minimum absolute atomic E-state index is 0.0421. The lowest BCUT2D eigenvalue weighted by Gasteiger charge is -2.26. The third-order valence-electron chi connectivity index (χ3n) is 3.72. The van der Waals surface area contributed by atoms with E-state index >= 15 is 0 Å². The number of methoxy groups -OCH3 is 1. The van der Waals surface area contributed by atoms with E-state index in [1.54, 1.807) is 7.11 Å². The van der Waals surface area contributed by atoms with Crippen molar-refractivity contribution in [2.45, 2.75) is 38.5 Å². The van der Waals surface area contributed by atoms with Crippen LogP contribution in [-0.4, -0.2) is 24.7 Å². The summed E-state index contributed by atoms with van der Waals surface area (Å²) >= 11 is 0. The third-order valence-corrected chi connectivity index (χ3v) is 3.72. The van der Waals surface area contributed by atoms with Crippen molar-refractivity contribution in [3.05, 3.63) is 23.9 Å². The van der Waals surface area contributed by atoms with E-state index < -0.39 is 0 Å². The summed E-state index contributed by atoms with van der Waals surface area (Å²) in [5.74, 6) is 1.12. The summed E-state index contributed by atoms with van der Waals surface area (Å²) in [5, 5.41) is 0. The van der Waals surface area contributed by atoms with Crippen molar-refractivity contribution >= 4 is 5.97 Å². The first-order valence-electron chi connectivity index (χ1n) is 6.92. The Labute approximate surface area is 114 Å². The van der Waals surface area contributed by atoms with Crippen LogP contribution in [0, 0.1) is 5.92 Å². The molecule has 0 atom stereocenters.